The van der Waals surface area contributed by atoms with Gasteiger partial charge in [-0.3, -0.25) is 14.5 Å². The molecule has 2 amide bonds. The lowest BCUT2D eigenvalue weighted by molar-refractivity contribution is -0.136. The fourth-order valence-electron chi connectivity index (χ4n) is 4.61. The predicted molar refractivity (Wildman–Crippen MR) is 122 cm³/mol. The van der Waals surface area contributed by atoms with Gasteiger partial charge in [0.1, 0.15) is 0 Å². The van der Waals surface area contributed by atoms with Crippen LogP contribution >= 0.6 is 11.3 Å². The number of carbonyl (C=O) groups is 2. The highest BCUT2D eigenvalue weighted by Gasteiger charge is 2.32. The largest absolute Gasteiger partial charge is 0.347 e. The molecule has 11 heteroatoms. The summed E-state index contributed by atoms with van der Waals surface area (Å²) >= 11 is 1.48. The second-order valence-electron chi connectivity index (χ2n) is 8.49. The molecule has 3 aliphatic heterocycles. The molecule has 5 heterocycles. The summed E-state index contributed by atoms with van der Waals surface area (Å²) in [6.07, 6.45) is 7.70. The zero-order chi connectivity index (χ0) is 21.9. The molecule has 0 aromatic carbocycles. The third kappa shape index (κ3) is 4.38. The third-order valence-corrected chi connectivity index (χ3v) is 7.51. The summed E-state index contributed by atoms with van der Waals surface area (Å²) in [6.45, 7) is 5.25. The van der Waals surface area contributed by atoms with Crippen molar-refractivity contribution >= 4 is 39.4 Å². The van der Waals surface area contributed by atoms with Crippen LogP contribution in [0.25, 0.3) is 0 Å². The Bertz CT molecular complexity index is 938. The molecule has 3 fully saturated rings. The fraction of sp³-hybridized carbons (Fsp3) is 0.619. The molecule has 0 N–H and O–H groups in total. The van der Waals surface area contributed by atoms with Gasteiger partial charge in [-0.25, -0.2) is 9.97 Å². The second kappa shape index (κ2) is 9.35. The molecule has 0 atom stereocenters. The van der Waals surface area contributed by atoms with E-state index in [1.165, 1.54) is 11.3 Å². The number of carbonyl (C=O) groups excluding carboxylic acids is 2. The summed E-state index contributed by atoms with van der Waals surface area (Å²) in [6, 6.07) is 1.81. The number of aromatic nitrogens is 4. The van der Waals surface area contributed by atoms with Gasteiger partial charge in [0.2, 0.25) is 28.0 Å². The van der Waals surface area contributed by atoms with E-state index in [2.05, 4.69) is 30.0 Å². The van der Waals surface area contributed by atoms with Crippen LogP contribution in [0, 0.1) is 5.92 Å². The first-order chi connectivity index (χ1) is 15.7. The minimum atomic E-state index is 0.0573. The number of hydrogen-bond acceptors (Lipinski definition) is 9. The van der Waals surface area contributed by atoms with Crippen LogP contribution in [0.15, 0.2) is 18.5 Å². The molecule has 2 aromatic rings. The Balaban J connectivity index is 1.12. The van der Waals surface area contributed by atoms with E-state index in [9.17, 15) is 9.59 Å². The molecule has 0 bridgehead atoms. The number of amides is 2. The fourth-order valence-corrected chi connectivity index (χ4v) is 5.55. The molecule has 170 valence electrons. The van der Waals surface area contributed by atoms with E-state index in [4.69, 9.17) is 0 Å². The van der Waals surface area contributed by atoms with Gasteiger partial charge in [-0.2, -0.15) is 0 Å². The molecule has 32 heavy (non-hydrogen) atoms. The van der Waals surface area contributed by atoms with E-state index in [1.54, 1.807) is 17.3 Å². The zero-order valence-electron chi connectivity index (χ0n) is 18.1. The number of rotatable bonds is 4. The topological polar surface area (TPSA) is 98.7 Å². The van der Waals surface area contributed by atoms with Crippen molar-refractivity contribution in [2.24, 2.45) is 5.92 Å². The van der Waals surface area contributed by atoms with Crippen LogP contribution in [0.5, 0.6) is 0 Å². The van der Waals surface area contributed by atoms with E-state index >= 15 is 0 Å². The average Bonchev–Trinajstić information content (AvgIpc) is 3.35. The van der Waals surface area contributed by atoms with Crippen molar-refractivity contribution in [2.45, 2.75) is 32.1 Å². The van der Waals surface area contributed by atoms with E-state index in [0.29, 0.717) is 24.6 Å². The standard InChI is InChI=1S/C21H28N8O2S/c30-17-4-1-2-9-29(17)21-25-24-20(32-21)28-10-5-16(6-11-28)18(31)26-12-14-27(15-13-26)19-22-7-3-8-23-19/h3,7-8,16H,1-2,4-6,9-15H2. The normalized spacial score (nSPS) is 20.7. The highest BCUT2D eigenvalue weighted by atomic mass is 32.1. The summed E-state index contributed by atoms with van der Waals surface area (Å²) in [5.41, 5.74) is 0. The smallest absolute Gasteiger partial charge is 0.228 e. The third-order valence-electron chi connectivity index (χ3n) is 6.50. The van der Waals surface area contributed by atoms with E-state index < -0.39 is 0 Å². The molecule has 5 rings (SSSR count). The van der Waals surface area contributed by atoms with Crippen molar-refractivity contribution in [2.75, 3.05) is 60.5 Å². The Hall–Kier alpha value is -2.82. The van der Waals surface area contributed by atoms with Crippen LogP contribution in [0.2, 0.25) is 0 Å². The highest BCUT2D eigenvalue weighted by molar-refractivity contribution is 7.19. The van der Waals surface area contributed by atoms with Gasteiger partial charge in [-0.15, -0.1) is 10.2 Å². The maximum Gasteiger partial charge on any atom is 0.228 e. The van der Waals surface area contributed by atoms with Crippen LogP contribution in [-0.2, 0) is 9.59 Å². The Morgan fingerprint density at radius 3 is 2.31 bits per heavy atom. The molecule has 3 aliphatic rings. The molecule has 2 aromatic heterocycles. The minimum Gasteiger partial charge on any atom is -0.347 e. The lowest BCUT2D eigenvalue weighted by Crippen LogP contribution is -2.52. The van der Waals surface area contributed by atoms with Gasteiger partial charge in [0.15, 0.2) is 0 Å². The van der Waals surface area contributed by atoms with Crippen molar-refractivity contribution in [3.8, 4) is 0 Å². The molecule has 0 spiro atoms. The number of anilines is 3. The van der Waals surface area contributed by atoms with Crippen molar-refractivity contribution in [3.05, 3.63) is 18.5 Å². The summed E-state index contributed by atoms with van der Waals surface area (Å²) < 4.78 is 0. The molecule has 10 nitrogen and oxygen atoms in total. The van der Waals surface area contributed by atoms with Gasteiger partial charge in [-0.1, -0.05) is 11.3 Å². The van der Waals surface area contributed by atoms with Crippen LogP contribution in [0.3, 0.4) is 0 Å². The monoisotopic (exact) mass is 456 g/mol. The number of piperidine rings is 2. The lowest BCUT2D eigenvalue weighted by Gasteiger charge is -2.38. The first kappa shape index (κ1) is 21.0. The van der Waals surface area contributed by atoms with Crippen LogP contribution in [-0.4, -0.2) is 82.7 Å². The Morgan fingerprint density at radius 2 is 1.59 bits per heavy atom. The number of nitrogens with zero attached hydrogens (tertiary/aromatic N) is 8. The lowest BCUT2D eigenvalue weighted by atomic mass is 9.95. The van der Waals surface area contributed by atoms with E-state index in [1.807, 2.05) is 11.0 Å². The molecular formula is C21H28N8O2S. The Morgan fingerprint density at radius 1 is 0.875 bits per heavy atom. The number of piperazine rings is 1. The summed E-state index contributed by atoms with van der Waals surface area (Å²) in [4.78, 5) is 41.9. The molecule has 0 saturated carbocycles. The Kier molecular flexibility index (Phi) is 6.15. The first-order valence-electron chi connectivity index (χ1n) is 11.4. The maximum atomic E-state index is 13.1. The van der Waals surface area contributed by atoms with Crippen LogP contribution in [0.1, 0.15) is 32.1 Å². The van der Waals surface area contributed by atoms with Crippen molar-refractivity contribution in [1.82, 2.24) is 25.1 Å². The van der Waals surface area contributed by atoms with Crippen molar-refractivity contribution < 1.29 is 9.59 Å². The van der Waals surface area contributed by atoms with Crippen LogP contribution < -0.4 is 14.7 Å². The van der Waals surface area contributed by atoms with Crippen molar-refractivity contribution in [1.29, 1.82) is 0 Å². The maximum absolute atomic E-state index is 13.1. The van der Waals surface area contributed by atoms with Gasteiger partial charge in [0.25, 0.3) is 0 Å². The quantitative estimate of drug-likeness (QED) is 0.681. The summed E-state index contributed by atoms with van der Waals surface area (Å²) in [5, 5.41) is 10.1. The SMILES string of the molecule is O=C(C1CCN(c2nnc(N3CCCCC3=O)s2)CC1)N1CCN(c2ncccn2)CC1. The summed E-state index contributed by atoms with van der Waals surface area (Å²) in [5.74, 6) is 1.19. The highest BCUT2D eigenvalue weighted by Crippen LogP contribution is 2.32. The molecule has 0 unspecified atom stereocenters. The minimum absolute atomic E-state index is 0.0573. The van der Waals surface area contributed by atoms with Gasteiger partial charge in [-0.05, 0) is 31.7 Å². The molecule has 0 aliphatic carbocycles. The van der Waals surface area contributed by atoms with Gasteiger partial charge >= 0.3 is 0 Å². The van der Waals surface area contributed by atoms with Crippen LogP contribution in [0.4, 0.5) is 16.2 Å². The molecular weight excluding hydrogens is 428 g/mol. The average molecular weight is 457 g/mol. The first-order valence-corrected chi connectivity index (χ1v) is 12.2. The molecule has 3 saturated heterocycles. The van der Waals surface area contributed by atoms with E-state index in [-0.39, 0.29) is 17.7 Å². The van der Waals surface area contributed by atoms with E-state index in [0.717, 1.165) is 69.5 Å². The zero-order valence-corrected chi connectivity index (χ0v) is 18.9. The van der Waals surface area contributed by atoms with Gasteiger partial charge in [0, 0.05) is 70.5 Å². The van der Waals surface area contributed by atoms with Gasteiger partial charge < -0.3 is 14.7 Å². The second-order valence-corrected chi connectivity index (χ2v) is 9.43. The summed E-state index contributed by atoms with van der Waals surface area (Å²) in [7, 11) is 0. The van der Waals surface area contributed by atoms with Crippen molar-refractivity contribution in [3.63, 3.8) is 0 Å². The predicted octanol–water partition coefficient (Wildman–Crippen LogP) is 1.41. The molecule has 0 radical (unpaired) electrons. The Labute approximate surface area is 191 Å². The number of hydrogen-bond donors (Lipinski definition) is 0. The van der Waals surface area contributed by atoms with Gasteiger partial charge in [0.05, 0.1) is 0 Å².